The third-order valence-corrected chi connectivity index (χ3v) is 7.76. The van der Waals surface area contributed by atoms with Gasteiger partial charge in [0.25, 0.3) is 0 Å². The molecule has 0 saturated carbocycles. The fourth-order valence-electron chi connectivity index (χ4n) is 4.22. The van der Waals surface area contributed by atoms with Gasteiger partial charge in [-0.3, -0.25) is 0 Å². The first-order valence-corrected chi connectivity index (χ1v) is 12.7. The lowest BCUT2D eigenvalue weighted by Crippen LogP contribution is -1.97. The molecule has 0 aliphatic carbocycles. The van der Waals surface area contributed by atoms with Gasteiger partial charge in [0.1, 0.15) is 5.75 Å². The van der Waals surface area contributed by atoms with E-state index in [2.05, 4.69) is 31.2 Å². The Morgan fingerprint density at radius 2 is 1.13 bits per heavy atom. The van der Waals surface area contributed by atoms with Crippen molar-refractivity contribution in [1.82, 2.24) is 0 Å². The third-order valence-electron chi connectivity index (χ3n) is 5.90. The molecule has 31 heavy (non-hydrogen) atoms. The van der Waals surface area contributed by atoms with Crippen LogP contribution in [0.25, 0.3) is 32.3 Å². The van der Waals surface area contributed by atoms with E-state index in [1.165, 1.54) is 32.1 Å². The Balaban J connectivity index is 1.71. The zero-order valence-electron chi connectivity index (χ0n) is 17.7. The summed E-state index contributed by atoms with van der Waals surface area (Å²) in [5, 5.41) is 6.20. The van der Waals surface area contributed by atoms with Gasteiger partial charge in [0.05, 0.1) is 6.61 Å². The molecule has 0 aliphatic rings. The first kappa shape index (κ1) is 23.0. The number of benzene rings is 4. The Bertz CT molecular complexity index is 1250. The normalized spacial score (nSPS) is 11.6. The molecule has 5 heteroatoms. The molecular weight excluding hydrogens is 457 g/mol. The molecule has 0 atom stereocenters. The van der Waals surface area contributed by atoms with E-state index in [1.807, 2.05) is 18.2 Å². The Morgan fingerprint density at radius 3 is 1.74 bits per heavy atom. The minimum atomic E-state index is 0.740. The van der Waals surface area contributed by atoms with Crippen LogP contribution in [0.2, 0.25) is 0 Å². The summed E-state index contributed by atoms with van der Waals surface area (Å²) in [6, 6.07) is 14.4. The summed E-state index contributed by atoms with van der Waals surface area (Å²) in [5.74, 6) is 0.871. The monoisotopic (exact) mass is 484 g/mol. The predicted molar refractivity (Wildman–Crippen MR) is 147 cm³/mol. The van der Waals surface area contributed by atoms with Crippen molar-refractivity contribution in [3.63, 3.8) is 0 Å². The van der Waals surface area contributed by atoms with E-state index in [0.29, 0.717) is 0 Å². The number of rotatable bonds is 8. The average molecular weight is 485 g/mol. The molecule has 4 aromatic rings. The molecule has 0 aliphatic heterocycles. The van der Waals surface area contributed by atoms with Crippen LogP contribution in [0.4, 0.5) is 0 Å². The highest BCUT2D eigenvalue weighted by molar-refractivity contribution is 7.83. The van der Waals surface area contributed by atoms with E-state index in [0.717, 1.165) is 70.7 Å². The van der Waals surface area contributed by atoms with Gasteiger partial charge in [-0.15, -0.1) is 50.5 Å². The van der Waals surface area contributed by atoms with Gasteiger partial charge < -0.3 is 4.74 Å². The first-order chi connectivity index (χ1) is 15.0. The second-order valence-corrected chi connectivity index (χ2v) is 9.80. The highest BCUT2D eigenvalue weighted by Gasteiger charge is 2.18. The Hall–Kier alpha value is -1.14. The van der Waals surface area contributed by atoms with Crippen LogP contribution < -0.4 is 4.74 Å². The summed E-state index contributed by atoms with van der Waals surface area (Å²) in [5.41, 5.74) is 0. The van der Waals surface area contributed by atoms with Crippen LogP contribution in [0.3, 0.4) is 0 Å². The quantitative estimate of drug-likeness (QED) is 0.111. The summed E-state index contributed by atoms with van der Waals surface area (Å²) in [7, 11) is 0. The molecular formula is C26H28OS4. The van der Waals surface area contributed by atoms with Gasteiger partial charge in [0, 0.05) is 35.7 Å². The van der Waals surface area contributed by atoms with Crippen molar-refractivity contribution in [1.29, 1.82) is 0 Å². The van der Waals surface area contributed by atoms with Crippen LogP contribution in [0.15, 0.2) is 62.0 Å². The molecule has 0 radical (unpaired) electrons. The standard InChI is InChI=1S/C26H28OS4/c1-2-3-4-5-6-9-14-27-16-12-13-19-20(15-16)26(31)22-21(25(19)30)23(28)17-10-7-8-11-18(17)24(22)29/h7-8,10-13,15,28-31H,2-6,9,14H2,1H3. The van der Waals surface area contributed by atoms with E-state index < -0.39 is 0 Å². The molecule has 0 aromatic heterocycles. The van der Waals surface area contributed by atoms with Crippen LogP contribution in [-0.4, -0.2) is 6.61 Å². The molecule has 0 spiro atoms. The van der Waals surface area contributed by atoms with Gasteiger partial charge in [0.15, 0.2) is 0 Å². The number of fused-ring (bicyclic) bond motifs is 3. The van der Waals surface area contributed by atoms with Crippen molar-refractivity contribution in [2.45, 2.75) is 65.0 Å². The van der Waals surface area contributed by atoms with Gasteiger partial charge in [-0.25, -0.2) is 0 Å². The van der Waals surface area contributed by atoms with Gasteiger partial charge in [-0.05, 0) is 40.8 Å². The van der Waals surface area contributed by atoms with Crippen molar-refractivity contribution in [3.05, 3.63) is 42.5 Å². The second-order valence-electron chi connectivity index (χ2n) is 8.01. The van der Waals surface area contributed by atoms with Crippen LogP contribution in [-0.2, 0) is 0 Å². The molecule has 0 fully saturated rings. The molecule has 0 N–H and O–H groups in total. The van der Waals surface area contributed by atoms with E-state index in [9.17, 15) is 0 Å². The molecule has 0 amide bonds. The lowest BCUT2D eigenvalue weighted by atomic mass is 9.98. The van der Waals surface area contributed by atoms with E-state index >= 15 is 0 Å². The summed E-state index contributed by atoms with van der Waals surface area (Å²) in [6.07, 6.45) is 7.52. The van der Waals surface area contributed by atoms with Gasteiger partial charge in [0.2, 0.25) is 0 Å². The Labute approximate surface area is 206 Å². The molecule has 0 bridgehead atoms. The van der Waals surface area contributed by atoms with Gasteiger partial charge >= 0.3 is 0 Å². The number of thiol groups is 4. The largest absolute Gasteiger partial charge is 0.494 e. The number of hydrogen-bond donors (Lipinski definition) is 4. The maximum absolute atomic E-state index is 6.06. The van der Waals surface area contributed by atoms with Crippen molar-refractivity contribution < 1.29 is 4.74 Å². The Kier molecular flexibility index (Phi) is 7.58. The first-order valence-electron chi connectivity index (χ1n) is 10.9. The predicted octanol–water partition coefficient (Wildman–Crippen LogP) is 9.04. The van der Waals surface area contributed by atoms with Gasteiger partial charge in [-0.1, -0.05) is 63.3 Å². The second kappa shape index (κ2) is 10.2. The summed E-state index contributed by atoms with van der Waals surface area (Å²) < 4.78 is 6.06. The summed E-state index contributed by atoms with van der Waals surface area (Å²) in [6.45, 7) is 2.98. The SMILES string of the molecule is CCCCCCCCOc1ccc2c(S)c3c(S)c4ccccc4c(S)c3c(S)c2c1. The van der Waals surface area contributed by atoms with Crippen molar-refractivity contribution in [2.75, 3.05) is 6.61 Å². The average Bonchev–Trinajstić information content (AvgIpc) is 2.79. The lowest BCUT2D eigenvalue weighted by Gasteiger charge is -2.18. The van der Waals surface area contributed by atoms with Gasteiger partial charge in [-0.2, -0.15) is 0 Å². The number of hydrogen-bond acceptors (Lipinski definition) is 5. The minimum Gasteiger partial charge on any atom is -0.494 e. The van der Waals surface area contributed by atoms with Crippen LogP contribution in [0.5, 0.6) is 5.75 Å². The topological polar surface area (TPSA) is 9.23 Å². The molecule has 162 valence electrons. The zero-order valence-corrected chi connectivity index (χ0v) is 21.3. The van der Waals surface area contributed by atoms with E-state index in [1.54, 1.807) is 0 Å². The fourth-order valence-corrected chi connectivity index (χ4v) is 6.06. The molecule has 1 nitrogen and oxygen atoms in total. The van der Waals surface area contributed by atoms with E-state index in [4.69, 9.17) is 55.3 Å². The molecule has 4 aromatic carbocycles. The number of ether oxygens (including phenoxy) is 1. The van der Waals surface area contributed by atoms with Crippen molar-refractivity contribution in [3.8, 4) is 5.75 Å². The Morgan fingerprint density at radius 1 is 0.613 bits per heavy atom. The highest BCUT2D eigenvalue weighted by atomic mass is 32.1. The van der Waals surface area contributed by atoms with Crippen LogP contribution in [0.1, 0.15) is 45.4 Å². The molecule has 0 unspecified atom stereocenters. The maximum atomic E-state index is 6.06. The maximum Gasteiger partial charge on any atom is 0.119 e. The smallest absolute Gasteiger partial charge is 0.119 e. The molecule has 0 saturated heterocycles. The molecule has 4 rings (SSSR count). The van der Waals surface area contributed by atoms with Crippen molar-refractivity contribution in [2.24, 2.45) is 0 Å². The minimum absolute atomic E-state index is 0.740. The third kappa shape index (κ3) is 4.52. The summed E-state index contributed by atoms with van der Waals surface area (Å²) in [4.78, 5) is 3.60. The zero-order chi connectivity index (χ0) is 22.0. The van der Waals surface area contributed by atoms with Crippen LogP contribution >= 0.6 is 50.5 Å². The van der Waals surface area contributed by atoms with Crippen molar-refractivity contribution >= 4 is 82.8 Å². The fraction of sp³-hybridized carbons (Fsp3) is 0.308. The lowest BCUT2D eigenvalue weighted by molar-refractivity contribution is 0.304. The highest BCUT2D eigenvalue weighted by Crippen LogP contribution is 2.46. The van der Waals surface area contributed by atoms with E-state index in [-0.39, 0.29) is 0 Å². The van der Waals surface area contributed by atoms with Crippen LogP contribution in [0, 0.1) is 0 Å². The number of unbranched alkanes of at least 4 members (excludes halogenated alkanes) is 5. The summed E-state index contributed by atoms with van der Waals surface area (Å²) >= 11 is 19.6. The molecule has 0 heterocycles.